The van der Waals surface area contributed by atoms with Gasteiger partial charge >= 0.3 is 0 Å². The summed E-state index contributed by atoms with van der Waals surface area (Å²) in [6.45, 7) is 4.91. The van der Waals surface area contributed by atoms with Crippen LogP contribution >= 0.6 is 0 Å². The van der Waals surface area contributed by atoms with E-state index < -0.39 is 0 Å². The highest BCUT2D eigenvalue weighted by Crippen LogP contribution is 2.14. The van der Waals surface area contributed by atoms with E-state index >= 15 is 0 Å². The molecule has 3 nitrogen and oxygen atoms in total. The fourth-order valence-corrected chi connectivity index (χ4v) is 1.70. The molecule has 1 heterocycles. The van der Waals surface area contributed by atoms with E-state index in [4.69, 9.17) is 0 Å². The van der Waals surface area contributed by atoms with Crippen molar-refractivity contribution in [3.63, 3.8) is 0 Å². The van der Waals surface area contributed by atoms with Crippen LogP contribution in [0.15, 0.2) is 47.7 Å². The van der Waals surface area contributed by atoms with Crippen LogP contribution in [0.1, 0.15) is 30.9 Å². The van der Waals surface area contributed by atoms with Crippen molar-refractivity contribution in [3.8, 4) is 0 Å². The quantitative estimate of drug-likeness (QED) is 0.808. The molecule has 2 rings (SSSR count). The number of rotatable bonds is 3. The van der Waals surface area contributed by atoms with Gasteiger partial charge in [0.15, 0.2) is 0 Å². The van der Waals surface area contributed by atoms with Gasteiger partial charge in [-0.1, -0.05) is 38.1 Å². The van der Waals surface area contributed by atoms with Gasteiger partial charge in [-0.05, 0) is 17.0 Å². The fourth-order valence-electron chi connectivity index (χ4n) is 1.70. The van der Waals surface area contributed by atoms with E-state index in [0.29, 0.717) is 12.5 Å². The first-order chi connectivity index (χ1) is 8.16. The maximum absolute atomic E-state index is 11.5. The fraction of sp³-hybridized carbons (Fsp3) is 0.286. The Bertz CT molecular complexity index is 541. The second kappa shape index (κ2) is 4.95. The van der Waals surface area contributed by atoms with Gasteiger partial charge in [0.1, 0.15) is 0 Å². The maximum Gasteiger partial charge on any atom is 0.253 e. The van der Waals surface area contributed by atoms with Crippen molar-refractivity contribution in [2.75, 3.05) is 0 Å². The SMILES string of the molecule is CC(C)c1ccc(Cn2cnccc2=O)cc1. The molecule has 1 aromatic carbocycles. The normalized spacial score (nSPS) is 10.8. The molecule has 0 unspecified atom stereocenters. The Morgan fingerprint density at radius 3 is 2.47 bits per heavy atom. The topological polar surface area (TPSA) is 34.9 Å². The second-order valence-corrected chi connectivity index (χ2v) is 4.44. The predicted octanol–water partition coefficient (Wildman–Crippen LogP) is 2.42. The lowest BCUT2D eigenvalue weighted by molar-refractivity contribution is 0.735. The van der Waals surface area contributed by atoms with E-state index in [1.165, 1.54) is 17.8 Å². The minimum Gasteiger partial charge on any atom is -0.295 e. The van der Waals surface area contributed by atoms with Crippen molar-refractivity contribution in [1.82, 2.24) is 9.55 Å². The molecule has 0 aliphatic carbocycles. The Morgan fingerprint density at radius 2 is 1.88 bits per heavy atom. The van der Waals surface area contributed by atoms with E-state index in [1.807, 2.05) is 0 Å². The van der Waals surface area contributed by atoms with Crippen molar-refractivity contribution in [2.45, 2.75) is 26.3 Å². The van der Waals surface area contributed by atoms with Crippen molar-refractivity contribution < 1.29 is 0 Å². The molecular formula is C14H16N2O. The van der Waals surface area contributed by atoms with E-state index in [9.17, 15) is 4.79 Å². The van der Waals surface area contributed by atoms with Crippen LogP contribution in [-0.2, 0) is 6.54 Å². The van der Waals surface area contributed by atoms with Gasteiger partial charge in [0.25, 0.3) is 5.56 Å². The highest BCUT2D eigenvalue weighted by molar-refractivity contribution is 5.24. The van der Waals surface area contributed by atoms with Crippen molar-refractivity contribution >= 4 is 0 Å². The summed E-state index contributed by atoms with van der Waals surface area (Å²) in [4.78, 5) is 15.5. The van der Waals surface area contributed by atoms with Gasteiger partial charge in [0.2, 0.25) is 0 Å². The number of hydrogen-bond acceptors (Lipinski definition) is 2. The van der Waals surface area contributed by atoms with Crippen LogP contribution in [-0.4, -0.2) is 9.55 Å². The smallest absolute Gasteiger partial charge is 0.253 e. The number of hydrogen-bond donors (Lipinski definition) is 0. The van der Waals surface area contributed by atoms with Crippen LogP contribution in [0.2, 0.25) is 0 Å². The summed E-state index contributed by atoms with van der Waals surface area (Å²) in [6, 6.07) is 9.83. The van der Waals surface area contributed by atoms with Crippen LogP contribution in [0.3, 0.4) is 0 Å². The molecule has 1 aromatic heterocycles. The minimum atomic E-state index is -0.0204. The number of benzene rings is 1. The van der Waals surface area contributed by atoms with Gasteiger partial charge in [-0.15, -0.1) is 0 Å². The zero-order chi connectivity index (χ0) is 12.3. The molecule has 0 fully saturated rings. The third-order valence-corrected chi connectivity index (χ3v) is 2.79. The number of nitrogens with zero attached hydrogens (tertiary/aromatic N) is 2. The zero-order valence-electron chi connectivity index (χ0n) is 10.1. The first-order valence-electron chi connectivity index (χ1n) is 5.76. The Morgan fingerprint density at radius 1 is 1.18 bits per heavy atom. The molecule has 2 aromatic rings. The average molecular weight is 228 g/mol. The second-order valence-electron chi connectivity index (χ2n) is 4.44. The molecule has 0 radical (unpaired) electrons. The summed E-state index contributed by atoms with van der Waals surface area (Å²) in [5.41, 5.74) is 2.41. The standard InChI is InChI=1S/C14H16N2O/c1-11(2)13-5-3-12(4-6-13)9-16-10-15-8-7-14(16)17/h3-8,10-11H,9H2,1-2H3. The molecule has 88 valence electrons. The molecule has 3 heteroatoms. The summed E-state index contributed by atoms with van der Waals surface area (Å²) in [6.07, 6.45) is 3.08. The van der Waals surface area contributed by atoms with Gasteiger partial charge in [0.05, 0.1) is 12.9 Å². The molecule has 0 saturated heterocycles. The van der Waals surface area contributed by atoms with Gasteiger partial charge < -0.3 is 0 Å². The van der Waals surface area contributed by atoms with E-state index in [1.54, 1.807) is 10.9 Å². The predicted molar refractivity (Wildman–Crippen MR) is 68.1 cm³/mol. The molecule has 0 saturated carbocycles. The molecular weight excluding hydrogens is 212 g/mol. The zero-order valence-corrected chi connectivity index (χ0v) is 10.1. The number of aromatic nitrogens is 2. The van der Waals surface area contributed by atoms with Crippen LogP contribution in [0.25, 0.3) is 0 Å². The van der Waals surface area contributed by atoms with Crippen LogP contribution in [0.5, 0.6) is 0 Å². The van der Waals surface area contributed by atoms with Gasteiger partial charge in [-0.3, -0.25) is 9.36 Å². The van der Waals surface area contributed by atoms with Crippen LogP contribution < -0.4 is 5.56 Å². The van der Waals surface area contributed by atoms with E-state index in [0.717, 1.165) is 5.56 Å². The molecule has 0 spiro atoms. The first kappa shape index (κ1) is 11.6. The maximum atomic E-state index is 11.5. The average Bonchev–Trinajstić information content (AvgIpc) is 2.33. The summed E-state index contributed by atoms with van der Waals surface area (Å²) in [5, 5.41) is 0. The molecule has 0 bridgehead atoms. The molecule has 0 N–H and O–H groups in total. The molecule has 0 aliphatic rings. The summed E-state index contributed by atoms with van der Waals surface area (Å²) in [7, 11) is 0. The van der Waals surface area contributed by atoms with Crippen molar-refractivity contribution in [1.29, 1.82) is 0 Å². The van der Waals surface area contributed by atoms with Gasteiger partial charge in [-0.2, -0.15) is 0 Å². The first-order valence-corrected chi connectivity index (χ1v) is 5.76. The Balaban J connectivity index is 2.20. The molecule has 17 heavy (non-hydrogen) atoms. The van der Waals surface area contributed by atoms with Crippen molar-refractivity contribution in [3.05, 3.63) is 64.3 Å². The van der Waals surface area contributed by atoms with E-state index in [2.05, 4.69) is 43.1 Å². The Hall–Kier alpha value is -1.90. The third-order valence-electron chi connectivity index (χ3n) is 2.79. The summed E-state index contributed by atoms with van der Waals surface area (Å²) in [5.74, 6) is 0.533. The highest BCUT2D eigenvalue weighted by Gasteiger charge is 2.00. The van der Waals surface area contributed by atoms with E-state index in [-0.39, 0.29) is 5.56 Å². The lowest BCUT2D eigenvalue weighted by Gasteiger charge is -2.08. The van der Waals surface area contributed by atoms with Gasteiger partial charge in [0, 0.05) is 12.3 Å². The summed E-state index contributed by atoms with van der Waals surface area (Å²) >= 11 is 0. The molecule has 0 amide bonds. The van der Waals surface area contributed by atoms with Gasteiger partial charge in [-0.25, -0.2) is 4.98 Å². The largest absolute Gasteiger partial charge is 0.295 e. The van der Waals surface area contributed by atoms with Crippen LogP contribution in [0.4, 0.5) is 0 Å². The molecule has 0 aliphatic heterocycles. The Labute approximate surface area is 101 Å². The van der Waals surface area contributed by atoms with Crippen molar-refractivity contribution in [2.24, 2.45) is 0 Å². The monoisotopic (exact) mass is 228 g/mol. The van der Waals surface area contributed by atoms with Crippen LogP contribution in [0, 0.1) is 0 Å². The molecule has 0 atom stereocenters. The third kappa shape index (κ3) is 2.81. The lowest BCUT2D eigenvalue weighted by Crippen LogP contribution is -2.19. The summed E-state index contributed by atoms with van der Waals surface area (Å²) < 4.78 is 1.60. The minimum absolute atomic E-state index is 0.0204. The Kier molecular flexibility index (Phi) is 3.38. The highest BCUT2D eigenvalue weighted by atomic mass is 16.1. The lowest BCUT2D eigenvalue weighted by atomic mass is 10.0.